The summed E-state index contributed by atoms with van der Waals surface area (Å²) in [5, 5.41) is 8.68. The van der Waals surface area contributed by atoms with E-state index in [4.69, 9.17) is 23.1 Å². The van der Waals surface area contributed by atoms with Crippen LogP contribution < -0.4 is 4.74 Å². The molecule has 6 nitrogen and oxygen atoms in total. The van der Waals surface area contributed by atoms with Crippen LogP contribution in [0.2, 0.25) is 6.04 Å². The van der Waals surface area contributed by atoms with Gasteiger partial charge in [-0.2, -0.15) is 0 Å². The fourth-order valence-corrected chi connectivity index (χ4v) is 5.20. The molecule has 1 N–H and O–H groups in total. The maximum absolute atomic E-state index is 10.6. The zero-order valence-corrected chi connectivity index (χ0v) is 16.9. The molecular formula is C19H30O6Si. The normalized spacial score (nSPS) is 11.8. The van der Waals surface area contributed by atoms with Gasteiger partial charge in [0.05, 0.1) is 6.61 Å². The minimum Gasteiger partial charge on any atom is -0.494 e. The van der Waals surface area contributed by atoms with Gasteiger partial charge in [-0.05, 0) is 57.4 Å². The van der Waals surface area contributed by atoms with Gasteiger partial charge in [-0.15, -0.1) is 0 Å². The summed E-state index contributed by atoms with van der Waals surface area (Å²) >= 11 is 0. The lowest BCUT2D eigenvalue weighted by atomic mass is 10.2. The van der Waals surface area contributed by atoms with Gasteiger partial charge in [0, 0.05) is 31.9 Å². The Labute approximate surface area is 157 Å². The van der Waals surface area contributed by atoms with Crippen molar-refractivity contribution in [3.05, 3.63) is 35.9 Å². The molecule has 0 aliphatic rings. The van der Waals surface area contributed by atoms with Crippen molar-refractivity contribution in [2.45, 2.75) is 39.7 Å². The molecule has 1 aromatic rings. The van der Waals surface area contributed by atoms with Crippen molar-refractivity contribution >= 4 is 20.8 Å². The van der Waals surface area contributed by atoms with Crippen molar-refractivity contribution in [2.75, 3.05) is 26.4 Å². The fraction of sp³-hybridized carbons (Fsp3) is 0.526. The standard InChI is InChI=1S/C19H30O6Si/c1-4-23-26(24-5-2,25-6-3)15-8-7-14-22-18-11-9-10-17(16-18)12-13-19(20)21/h9-13,16H,4-8,14-15H2,1-3H3,(H,20,21)/b13-12+. The number of aliphatic carboxylic acids is 1. The van der Waals surface area contributed by atoms with E-state index in [1.807, 2.05) is 45.0 Å². The van der Waals surface area contributed by atoms with Crippen LogP contribution in [-0.2, 0) is 18.1 Å². The molecule has 0 saturated heterocycles. The van der Waals surface area contributed by atoms with E-state index in [2.05, 4.69) is 0 Å². The van der Waals surface area contributed by atoms with Gasteiger partial charge in [0.1, 0.15) is 5.75 Å². The second-order valence-electron chi connectivity index (χ2n) is 5.53. The van der Waals surface area contributed by atoms with E-state index in [1.54, 1.807) is 6.08 Å². The van der Waals surface area contributed by atoms with Gasteiger partial charge in [0.25, 0.3) is 0 Å². The quantitative estimate of drug-likeness (QED) is 0.298. The summed E-state index contributed by atoms with van der Waals surface area (Å²) in [4.78, 5) is 10.6. The van der Waals surface area contributed by atoms with Crippen molar-refractivity contribution in [1.29, 1.82) is 0 Å². The topological polar surface area (TPSA) is 74.2 Å². The minimum atomic E-state index is -2.58. The Morgan fingerprint density at radius 1 is 1.08 bits per heavy atom. The van der Waals surface area contributed by atoms with Gasteiger partial charge in [0.2, 0.25) is 0 Å². The third-order valence-corrected chi connectivity index (χ3v) is 6.67. The van der Waals surface area contributed by atoms with E-state index in [1.165, 1.54) is 0 Å². The van der Waals surface area contributed by atoms with E-state index in [9.17, 15) is 4.79 Å². The van der Waals surface area contributed by atoms with E-state index in [-0.39, 0.29) is 0 Å². The van der Waals surface area contributed by atoms with Crippen molar-refractivity contribution in [2.24, 2.45) is 0 Å². The summed E-state index contributed by atoms with van der Waals surface area (Å²) in [5.41, 5.74) is 0.792. The number of benzene rings is 1. The van der Waals surface area contributed by atoms with Crippen LogP contribution >= 0.6 is 0 Å². The summed E-state index contributed by atoms with van der Waals surface area (Å²) in [7, 11) is -2.58. The second-order valence-corrected chi connectivity index (χ2v) is 8.26. The maximum Gasteiger partial charge on any atom is 0.500 e. The summed E-state index contributed by atoms with van der Waals surface area (Å²) in [6, 6.07) is 8.12. The molecule has 0 aromatic heterocycles. The van der Waals surface area contributed by atoms with Gasteiger partial charge in [-0.3, -0.25) is 0 Å². The molecule has 0 heterocycles. The minimum absolute atomic E-state index is 0.570. The number of unbranched alkanes of at least 4 members (excludes halogenated alkanes) is 1. The zero-order valence-electron chi connectivity index (χ0n) is 15.9. The average molecular weight is 383 g/mol. The lowest BCUT2D eigenvalue weighted by Gasteiger charge is -2.28. The first-order valence-corrected chi connectivity index (χ1v) is 11.0. The van der Waals surface area contributed by atoms with E-state index in [0.717, 1.165) is 36.3 Å². The highest BCUT2D eigenvalue weighted by atomic mass is 28.4. The summed E-state index contributed by atoms with van der Waals surface area (Å²) in [6.07, 6.45) is 4.40. The highest BCUT2D eigenvalue weighted by Gasteiger charge is 2.39. The van der Waals surface area contributed by atoms with E-state index >= 15 is 0 Å². The molecule has 0 radical (unpaired) electrons. The molecule has 0 aliphatic heterocycles. The Morgan fingerprint density at radius 2 is 1.73 bits per heavy atom. The summed E-state index contributed by atoms with van der Waals surface area (Å²) in [5.74, 6) is -0.248. The SMILES string of the molecule is CCO[Si](CCCCOc1cccc(/C=C/C(=O)O)c1)(OCC)OCC. The van der Waals surface area contributed by atoms with Crippen molar-refractivity contribution in [3.8, 4) is 5.75 Å². The molecule has 26 heavy (non-hydrogen) atoms. The predicted molar refractivity (Wildman–Crippen MR) is 103 cm³/mol. The first-order valence-electron chi connectivity index (χ1n) is 9.11. The Morgan fingerprint density at radius 3 is 2.31 bits per heavy atom. The Hall–Kier alpha value is -1.67. The number of carbonyl (C=O) groups is 1. The van der Waals surface area contributed by atoms with Gasteiger partial charge in [0.15, 0.2) is 0 Å². The van der Waals surface area contributed by atoms with Crippen LogP contribution in [0.1, 0.15) is 39.2 Å². The highest BCUT2D eigenvalue weighted by Crippen LogP contribution is 2.20. The van der Waals surface area contributed by atoms with Crippen molar-refractivity contribution in [1.82, 2.24) is 0 Å². The van der Waals surface area contributed by atoms with Gasteiger partial charge < -0.3 is 23.1 Å². The molecule has 0 bridgehead atoms. The lowest BCUT2D eigenvalue weighted by Crippen LogP contribution is -2.45. The summed E-state index contributed by atoms with van der Waals surface area (Å²) in [6.45, 7) is 8.18. The largest absolute Gasteiger partial charge is 0.500 e. The molecule has 0 fully saturated rings. The van der Waals surface area contributed by atoms with Gasteiger partial charge in [-0.25, -0.2) is 4.79 Å². The number of hydrogen-bond donors (Lipinski definition) is 1. The first kappa shape index (κ1) is 22.4. The Bertz CT molecular complexity index is 544. The van der Waals surface area contributed by atoms with Crippen LogP contribution in [0.4, 0.5) is 0 Å². The molecule has 0 atom stereocenters. The Kier molecular flexibility index (Phi) is 10.9. The predicted octanol–water partition coefficient (Wildman–Crippen LogP) is 3.99. The molecule has 0 spiro atoms. The van der Waals surface area contributed by atoms with Crippen molar-refractivity contribution in [3.63, 3.8) is 0 Å². The molecule has 1 aromatic carbocycles. The molecule has 0 aliphatic carbocycles. The highest BCUT2D eigenvalue weighted by molar-refractivity contribution is 6.60. The van der Waals surface area contributed by atoms with Gasteiger partial charge >= 0.3 is 14.8 Å². The second kappa shape index (κ2) is 12.6. The van der Waals surface area contributed by atoms with E-state index in [0.29, 0.717) is 26.4 Å². The fourth-order valence-electron chi connectivity index (χ4n) is 2.51. The van der Waals surface area contributed by atoms with Crippen molar-refractivity contribution < 1.29 is 27.9 Å². The lowest BCUT2D eigenvalue weighted by molar-refractivity contribution is -0.131. The number of hydrogen-bond acceptors (Lipinski definition) is 5. The number of carboxylic acids is 1. The number of ether oxygens (including phenoxy) is 1. The molecule has 0 amide bonds. The van der Waals surface area contributed by atoms with Crippen LogP contribution in [0.15, 0.2) is 30.3 Å². The number of carboxylic acid groups (broad SMARTS) is 1. The third-order valence-electron chi connectivity index (χ3n) is 3.52. The van der Waals surface area contributed by atoms with Crippen LogP contribution in [0.5, 0.6) is 5.75 Å². The molecule has 1 rings (SSSR count). The smallest absolute Gasteiger partial charge is 0.494 e. The molecule has 146 valence electrons. The van der Waals surface area contributed by atoms with Crippen LogP contribution in [0.3, 0.4) is 0 Å². The average Bonchev–Trinajstić information content (AvgIpc) is 2.61. The molecular weight excluding hydrogens is 352 g/mol. The maximum atomic E-state index is 10.6. The number of rotatable bonds is 14. The summed E-state index contributed by atoms with van der Waals surface area (Å²) < 4.78 is 23.3. The molecule has 7 heteroatoms. The molecule has 0 saturated carbocycles. The van der Waals surface area contributed by atoms with Crippen LogP contribution in [0.25, 0.3) is 6.08 Å². The van der Waals surface area contributed by atoms with Gasteiger partial charge in [-0.1, -0.05) is 12.1 Å². The van der Waals surface area contributed by atoms with E-state index < -0.39 is 14.8 Å². The third kappa shape index (κ3) is 8.62. The van der Waals surface area contributed by atoms with Crippen LogP contribution in [-0.4, -0.2) is 46.3 Å². The van der Waals surface area contributed by atoms with Crippen LogP contribution in [0, 0.1) is 0 Å². The zero-order chi connectivity index (χ0) is 19.3. The Balaban J connectivity index is 2.45. The first-order chi connectivity index (χ1) is 12.5. The monoisotopic (exact) mass is 382 g/mol. The molecule has 0 unspecified atom stereocenters.